The molecule has 2 aromatic heterocycles. The number of halogens is 3. The van der Waals surface area contributed by atoms with E-state index in [1.807, 2.05) is 0 Å². The molecule has 0 aliphatic heterocycles. The standard InChI is InChI=1S/C27H25F3N2O5/c1-14-22(24(25(34)35)37-26(3,4)5)32(18-9-7-17(8-10-18)27(28,29)30)15(2)21(23(14)33)16-6-11-19-20(12-16)36-13-31-19/h6-13,24H,1-5H3,(H,34,35). The quantitative estimate of drug-likeness (QED) is 0.340. The van der Waals surface area contributed by atoms with E-state index in [1.165, 1.54) is 30.0 Å². The van der Waals surface area contributed by atoms with E-state index >= 15 is 0 Å². The van der Waals surface area contributed by atoms with Crippen molar-refractivity contribution in [3.63, 3.8) is 0 Å². The molecule has 0 aliphatic rings. The zero-order valence-electron chi connectivity index (χ0n) is 20.8. The third-order valence-electron chi connectivity index (χ3n) is 5.91. The van der Waals surface area contributed by atoms with Crippen molar-refractivity contribution in [1.29, 1.82) is 0 Å². The molecule has 0 amide bonds. The number of hydrogen-bond acceptors (Lipinski definition) is 5. The number of carboxylic acids is 1. The fraction of sp³-hybridized carbons (Fsp3) is 0.296. The molecule has 0 radical (unpaired) electrons. The lowest BCUT2D eigenvalue weighted by atomic mass is 9.96. The number of pyridine rings is 1. The van der Waals surface area contributed by atoms with E-state index in [9.17, 15) is 27.9 Å². The van der Waals surface area contributed by atoms with Gasteiger partial charge < -0.3 is 18.8 Å². The van der Waals surface area contributed by atoms with Gasteiger partial charge in [-0.3, -0.25) is 4.79 Å². The summed E-state index contributed by atoms with van der Waals surface area (Å²) in [6.45, 7) is 8.11. The number of benzene rings is 2. The molecule has 0 fully saturated rings. The molecule has 0 spiro atoms. The van der Waals surface area contributed by atoms with Crippen LogP contribution >= 0.6 is 0 Å². The van der Waals surface area contributed by atoms with Crippen LogP contribution in [0.1, 0.15) is 49.4 Å². The number of aromatic nitrogens is 2. The maximum atomic E-state index is 13.7. The van der Waals surface area contributed by atoms with E-state index in [1.54, 1.807) is 45.9 Å². The van der Waals surface area contributed by atoms with E-state index in [2.05, 4.69) is 4.98 Å². The third kappa shape index (κ3) is 5.01. The first-order valence-corrected chi connectivity index (χ1v) is 11.4. The Morgan fingerprint density at radius 2 is 1.73 bits per heavy atom. The van der Waals surface area contributed by atoms with E-state index < -0.39 is 34.8 Å². The fourth-order valence-electron chi connectivity index (χ4n) is 4.30. The highest BCUT2D eigenvalue weighted by Gasteiger charge is 2.34. The molecule has 4 rings (SSSR count). The van der Waals surface area contributed by atoms with Crippen molar-refractivity contribution < 1.29 is 32.2 Å². The Morgan fingerprint density at radius 1 is 1.08 bits per heavy atom. The molecule has 1 unspecified atom stereocenters. The first-order valence-electron chi connectivity index (χ1n) is 11.4. The van der Waals surface area contributed by atoms with Gasteiger partial charge in [-0.05, 0) is 76.6 Å². The fourth-order valence-corrected chi connectivity index (χ4v) is 4.30. The van der Waals surface area contributed by atoms with Gasteiger partial charge in [0, 0.05) is 22.5 Å². The molecule has 2 heterocycles. The lowest BCUT2D eigenvalue weighted by molar-refractivity contribution is -0.161. The average molecular weight is 515 g/mol. The summed E-state index contributed by atoms with van der Waals surface area (Å²) >= 11 is 0. The Bertz CT molecular complexity index is 1540. The van der Waals surface area contributed by atoms with Gasteiger partial charge in [0.05, 0.1) is 16.9 Å². The van der Waals surface area contributed by atoms with Gasteiger partial charge in [0.2, 0.25) is 0 Å². The Labute approximate surface area is 210 Å². The summed E-state index contributed by atoms with van der Waals surface area (Å²) in [6.07, 6.45) is -4.84. The number of carbonyl (C=O) groups is 1. The van der Waals surface area contributed by atoms with Gasteiger partial charge in [0.1, 0.15) is 5.52 Å². The number of aliphatic carboxylic acids is 1. The minimum absolute atomic E-state index is 0.0224. The number of carboxylic acid groups (broad SMARTS) is 1. The number of hydrogen-bond donors (Lipinski definition) is 1. The maximum Gasteiger partial charge on any atom is 0.416 e. The lowest BCUT2D eigenvalue weighted by Crippen LogP contribution is -2.33. The maximum absolute atomic E-state index is 13.7. The molecule has 1 N–H and O–H groups in total. The summed E-state index contributed by atoms with van der Waals surface area (Å²) in [4.78, 5) is 30.2. The Balaban J connectivity index is 2.06. The zero-order chi connectivity index (χ0) is 27.3. The van der Waals surface area contributed by atoms with E-state index in [4.69, 9.17) is 9.15 Å². The highest BCUT2D eigenvalue weighted by atomic mass is 19.4. The van der Waals surface area contributed by atoms with Gasteiger partial charge in [-0.2, -0.15) is 13.2 Å². The molecular formula is C27H25F3N2O5. The predicted molar refractivity (Wildman–Crippen MR) is 131 cm³/mol. The topological polar surface area (TPSA) is 94.6 Å². The van der Waals surface area contributed by atoms with Crippen molar-refractivity contribution >= 4 is 17.1 Å². The van der Waals surface area contributed by atoms with E-state index in [0.717, 1.165) is 12.1 Å². The molecule has 2 aromatic carbocycles. The molecule has 4 aromatic rings. The second-order valence-corrected chi connectivity index (χ2v) is 9.66. The van der Waals surface area contributed by atoms with Crippen LogP contribution in [0.3, 0.4) is 0 Å². The molecule has 0 saturated carbocycles. The summed E-state index contributed by atoms with van der Waals surface area (Å²) < 4.78 is 52.4. The number of alkyl halides is 3. The lowest BCUT2D eigenvalue weighted by Gasteiger charge is -2.30. The first-order chi connectivity index (χ1) is 17.2. The Morgan fingerprint density at radius 3 is 2.30 bits per heavy atom. The van der Waals surface area contributed by atoms with Gasteiger partial charge in [-0.15, -0.1) is 0 Å². The van der Waals surface area contributed by atoms with Crippen LogP contribution in [0.2, 0.25) is 0 Å². The van der Waals surface area contributed by atoms with Gasteiger partial charge in [-0.25, -0.2) is 9.78 Å². The summed E-state index contributed by atoms with van der Waals surface area (Å²) in [6, 6.07) is 9.31. The molecule has 0 aliphatic carbocycles. The smallest absolute Gasteiger partial charge is 0.416 e. The largest absolute Gasteiger partial charge is 0.479 e. The minimum Gasteiger partial charge on any atom is -0.479 e. The Kier molecular flexibility index (Phi) is 6.49. The second-order valence-electron chi connectivity index (χ2n) is 9.66. The monoisotopic (exact) mass is 514 g/mol. The van der Waals surface area contributed by atoms with Crippen molar-refractivity contribution in [3.8, 4) is 16.8 Å². The molecule has 10 heteroatoms. The third-order valence-corrected chi connectivity index (χ3v) is 5.91. The highest BCUT2D eigenvalue weighted by Crippen LogP contribution is 2.35. The molecule has 0 saturated heterocycles. The van der Waals surface area contributed by atoms with Crippen LogP contribution in [0.15, 0.2) is 58.1 Å². The van der Waals surface area contributed by atoms with Crippen LogP contribution in [-0.2, 0) is 15.7 Å². The van der Waals surface area contributed by atoms with Crippen molar-refractivity contribution in [1.82, 2.24) is 9.55 Å². The first kappa shape index (κ1) is 26.2. The number of rotatable bonds is 5. The van der Waals surface area contributed by atoms with Crippen LogP contribution in [0, 0.1) is 13.8 Å². The molecule has 0 bridgehead atoms. The molecule has 37 heavy (non-hydrogen) atoms. The summed E-state index contributed by atoms with van der Waals surface area (Å²) in [5.74, 6) is -1.34. The average Bonchev–Trinajstić information content (AvgIpc) is 3.27. The van der Waals surface area contributed by atoms with Crippen molar-refractivity contribution in [2.24, 2.45) is 0 Å². The summed E-state index contributed by atoms with van der Waals surface area (Å²) in [5.41, 5.74) is 0.265. The predicted octanol–water partition coefficient (Wildman–Crippen LogP) is 6.22. The second kappa shape index (κ2) is 9.19. The number of nitrogens with zero attached hydrogens (tertiary/aromatic N) is 2. The molecular weight excluding hydrogens is 489 g/mol. The summed E-state index contributed by atoms with van der Waals surface area (Å²) in [7, 11) is 0. The van der Waals surface area contributed by atoms with Crippen LogP contribution < -0.4 is 5.43 Å². The van der Waals surface area contributed by atoms with Crippen LogP contribution in [0.4, 0.5) is 13.2 Å². The number of oxazole rings is 1. The van der Waals surface area contributed by atoms with Gasteiger partial charge in [0.25, 0.3) is 0 Å². The van der Waals surface area contributed by atoms with Crippen molar-refractivity contribution in [3.05, 3.63) is 81.6 Å². The zero-order valence-corrected chi connectivity index (χ0v) is 20.8. The number of ether oxygens (including phenoxy) is 1. The minimum atomic E-state index is -4.55. The molecule has 194 valence electrons. The van der Waals surface area contributed by atoms with Crippen molar-refractivity contribution in [2.45, 2.75) is 52.5 Å². The number of fused-ring (bicyclic) bond motifs is 1. The van der Waals surface area contributed by atoms with Crippen LogP contribution in [0.5, 0.6) is 0 Å². The van der Waals surface area contributed by atoms with Gasteiger partial charge in [-0.1, -0.05) is 6.07 Å². The normalized spacial score (nSPS) is 13.2. The van der Waals surface area contributed by atoms with Gasteiger partial charge >= 0.3 is 12.1 Å². The van der Waals surface area contributed by atoms with E-state index in [-0.39, 0.29) is 22.5 Å². The summed E-state index contributed by atoms with van der Waals surface area (Å²) in [5, 5.41) is 10.1. The van der Waals surface area contributed by atoms with Gasteiger partial charge in [0.15, 0.2) is 23.5 Å². The Hall–Kier alpha value is -3.92. The van der Waals surface area contributed by atoms with E-state index in [0.29, 0.717) is 22.4 Å². The van der Waals surface area contributed by atoms with Crippen molar-refractivity contribution in [2.75, 3.05) is 0 Å². The molecule has 7 nitrogen and oxygen atoms in total. The van der Waals surface area contributed by atoms with Crippen LogP contribution in [0.25, 0.3) is 27.9 Å². The molecule has 1 atom stereocenters. The highest BCUT2D eigenvalue weighted by molar-refractivity contribution is 5.82. The SMILES string of the molecule is Cc1c(C(OC(C)(C)C)C(=O)O)n(-c2ccc(C(F)(F)F)cc2)c(C)c(-c2ccc3ncoc3c2)c1=O. The van der Waals surface area contributed by atoms with Crippen LogP contribution in [-0.4, -0.2) is 26.2 Å².